The number of nitrogens with zero attached hydrogens (tertiary/aromatic N) is 1. The number of carbonyl (C=O) groups excluding carboxylic acids is 3. The van der Waals surface area contributed by atoms with Crippen LogP contribution in [0.3, 0.4) is 0 Å². The van der Waals surface area contributed by atoms with Crippen LogP contribution in [-0.2, 0) is 31.0 Å². The average molecular weight is 690 g/mol. The molecule has 0 aliphatic carbocycles. The van der Waals surface area contributed by atoms with Gasteiger partial charge < -0.3 is 16.0 Å². The van der Waals surface area contributed by atoms with Crippen molar-refractivity contribution >= 4 is 103 Å². The number of rotatable bonds is 11. The van der Waals surface area contributed by atoms with E-state index in [2.05, 4.69) is 16.0 Å². The minimum Gasteiger partial charge on any atom is -0.326 e. The van der Waals surface area contributed by atoms with Gasteiger partial charge >= 0.3 is 0 Å². The molecule has 44 heavy (non-hydrogen) atoms. The SMILES string of the molecule is CC(=O)Nc1cc(CN(C)S(=O)(=O)c2cccc(NC(=O)/C=C/c3ccc(Cl)s3)c2)cc(NC(=O)/C=C/c2ccc(Cl)s2)c1. The van der Waals surface area contributed by atoms with Crippen LogP contribution in [0.25, 0.3) is 12.2 Å². The lowest BCUT2D eigenvalue weighted by Gasteiger charge is -2.19. The minimum absolute atomic E-state index is 0.0304. The van der Waals surface area contributed by atoms with E-state index in [-0.39, 0.29) is 17.3 Å². The van der Waals surface area contributed by atoms with Crippen LogP contribution in [0, 0.1) is 0 Å². The fraction of sp³-hybridized carbons (Fsp3) is 0.100. The van der Waals surface area contributed by atoms with Crippen molar-refractivity contribution in [1.29, 1.82) is 0 Å². The predicted octanol–water partition coefficient (Wildman–Crippen LogP) is 7.20. The summed E-state index contributed by atoms with van der Waals surface area (Å²) in [5.74, 6) is -1.19. The Bertz CT molecular complexity index is 1870. The Morgan fingerprint density at radius 1 is 0.773 bits per heavy atom. The molecule has 0 saturated carbocycles. The highest BCUT2D eigenvalue weighted by molar-refractivity contribution is 7.89. The van der Waals surface area contributed by atoms with E-state index in [1.165, 1.54) is 67.0 Å². The van der Waals surface area contributed by atoms with E-state index in [0.717, 1.165) is 14.1 Å². The van der Waals surface area contributed by atoms with E-state index < -0.39 is 21.8 Å². The standard InChI is InChI=1S/C30H26Cl2N4O5S3/c1-19(37)33-22-14-20(15-23(16-22)35-30(39)13-9-25-7-11-28(32)43-25)18-36(2)44(40,41)26-5-3-4-21(17-26)34-29(38)12-8-24-6-10-27(31)42-24/h3-17H,18H2,1-2H3,(H,33,37)(H,34,38)(H,35,39)/b12-8+,13-9+. The zero-order valence-electron chi connectivity index (χ0n) is 23.3. The monoisotopic (exact) mass is 688 g/mol. The Morgan fingerprint density at radius 2 is 1.32 bits per heavy atom. The molecule has 3 N–H and O–H groups in total. The molecule has 0 radical (unpaired) electrons. The first-order valence-electron chi connectivity index (χ1n) is 12.8. The van der Waals surface area contributed by atoms with Gasteiger partial charge in [-0.2, -0.15) is 4.31 Å². The molecule has 0 aliphatic heterocycles. The molecule has 14 heteroatoms. The molecule has 3 amide bonds. The van der Waals surface area contributed by atoms with Crippen LogP contribution in [0.4, 0.5) is 17.1 Å². The molecule has 2 heterocycles. The fourth-order valence-corrected chi connectivity index (χ4v) is 7.04. The number of nitrogens with one attached hydrogen (secondary N) is 3. The van der Waals surface area contributed by atoms with Crippen LogP contribution in [0.5, 0.6) is 0 Å². The van der Waals surface area contributed by atoms with Crippen LogP contribution in [0.2, 0.25) is 8.67 Å². The summed E-state index contributed by atoms with van der Waals surface area (Å²) in [6, 6.07) is 17.7. The first-order chi connectivity index (χ1) is 20.9. The summed E-state index contributed by atoms with van der Waals surface area (Å²) >= 11 is 14.5. The molecule has 0 spiro atoms. The summed E-state index contributed by atoms with van der Waals surface area (Å²) in [5.41, 5.74) is 1.55. The van der Waals surface area contributed by atoms with E-state index in [1.54, 1.807) is 60.7 Å². The molecule has 0 saturated heterocycles. The van der Waals surface area contributed by atoms with Crippen LogP contribution in [0.1, 0.15) is 22.2 Å². The second kappa shape index (κ2) is 14.8. The van der Waals surface area contributed by atoms with E-state index in [0.29, 0.717) is 31.3 Å². The van der Waals surface area contributed by atoms with Gasteiger partial charge in [0.1, 0.15) is 0 Å². The third kappa shape index (κ3) is 9.61. The number of benzene rings is 2. The van der Waals surface area contributed by atoms with Crippen LogP contribution in [0.15, 0.2) is 83.8 Å². The second-order valence-electron chi connectivity index (χ2n) is 9.32. The van der Waals surface area contributed by atoms with Gasteiger partial charge in [0, 0.05) is 59.5 Å². The van der Waals surface area contributed by atoms with Crippen molar-refractivity contribution in [3.63, 3.8) is 0 Å². The van der Waals surface area contributed by atoms with E-state index in [1.807, 2.05) is 0 Å². The summed E-state index contributed by atoms with van der Waals surface area (Å²) in [4.78, 5) is 38.3. The lowest BCUT2D eigenvalue weighted by Crippen LogP contribution is -2.26. The number of thiophene rings is 2. The maximum absolute atomic E-state index is 13.5. The Balaban J connectivity index is 1.48. The average Bonchev–Trinajstić information content (AvgIpc) is 3.57. The molecule has 9 nitrogen and oxygen atoms in total. The molecule has 4 aromatic rings. The quantitative estimate of drug-likeness (QED) is 0.144. The van der Waals surface area contributed by atoms with E-state index in [9.17, 15) is 22.8 Å². The van der Waals surface area contributed by atoms with Gasteiger partial charge in [-0.3, -0.25) is 14.4 Å². The zero-order chi connectivity index (χ0) is 31.9. The van der Waals surface area contributed by atoms with Crippen molar-refractivity contribution in [2.75, 3.05) is 23.0 Å². The lowest BCUT2D eigenvalue weighted by molar-refractivity contribution is -0.114. The number of hydrogen-bond acceptors (Lipinski definition) is 7. The third-order valence-corrected chi connectivity index (χ3v) is 9.97. The van der Waals surface area contributed by atoms with Crippen molar-refractivity contribution < 1.29 is 22.8 Å². The molecular formula is C30H26Cl2N4O5S3. The molecule has 0 unspecified atom stereocenters. The number of sulfonamides is 1. The summed E-state index contributed by atoms with van der Waals surface area (Å²) in [6.45, 7) is 1.26. The van der Waals surface area contributed by atoms with Gasteiger partial charge in [-0.15, -0.1) is 22.7 Å². The minimum atomic E-state index is -4.00. The third-order valence-electron chi connectivity index (χ3n) is 5.78. The number of carbonyl (C=O) groups is 3. The zero-order valence-corrected chi connectivity index (χ0v) is 27.3. The van der Waals surface area contributed by atoms with Crippen LogP contribution >= 0.6 is 45.9 Å². The van der Waals surface area contributed by atoms with Crippen molar-refractivity contribution in [2.24, 2.45) is 0 Å². The number of hydrogen-bond donors (Lipinski definition) is 3. The maximum Gasteiger partial charge on any atom is 0.248 e. The van der Waals surface area contributed by atoms with Crippen molar-refractivity contribution in [3.05, 3.63) is 103 Å². The number of halogens is 2. The highest BCUT2D eigenvalue weighted by Gasteiger charge is 2.22. The highest BCUT2D eigenvalue weighted by atomic mass is 35.5. The number of amides is 3. The second-order valence-corrected chi connectivity index (χ2v) is 14.9. The lowest BCUT2D eigenvalue weighted by atomic mass is 10.1. The van der Waals surface area contributed by atoms with Crippen molar-refractivity contribution in [1.82, 2.24) is 4.31 Å². The number of anilines is 3. The Labute approximate surface area is 272 Å². The fourth-order valence-electron chi connectivity index (χ4n) is 3.91. The topological polar surface area (TPSA) is 125 Å². The molecule has 2 aromatic heterocycles. The molecule has 228 valence electrons. The maximum atomic E-state index is 13.5. The summed E-state index contributed by atoms with van der Waals surface area (Å²) in [7, 11) is -2.59. The molecule has 4 rings (SSSR count). The molecular weight excluding hydrogens is 663 g/mol. The van der Waals surface area contributed by atoms with Crippen molar-refractivity contribution in [2.45, 2.75) is 18.4 Å². The first-order valence-corrected chi connectivity index (χ1v) is 16.7. The van der Waals surface area contributed by atoms with Gasteiger partial charge in [-0.1, -0.05) is 29.3 Å². The van der Waals surface area contributed by atoms with Gasteiger partial charge in [0.2, 0.25) is 27.7 Å². The van der Waals surface area contributed by atoms with Gasteiger partial charge in [0.25, 0.3) is 0 Å². The molecule has 0 fully saturated rings. The molecule has 2 aromatic carbocycles. The highest BCUT2D eigenvalue weighted by Crippen LogP contribution is 2.26. The Hall–Kier alpha value is -3.78. The Kier molecular flexibility index (Phi) is 11.1. The van der Waals surface area contributed by atoms with Gasteiger partial charge in [-0.25, -0.2) is 8.42 Å². The van der Waals surface area contributed by atoms with Gasteiger partial charge in [0.05, 0.1) is 13.6 Å². The molecule has 0 bridgehead atoms. The normalized spacial score (nSPS) is 11.8. The van der Waals surface area contributed by atoms with Gasteiger partial charge in [0.15, 0.2) is 0 Å². The molecule has 0 atom stereocenters. The summed E-state index contributed by atoms with van der Waals surface area (Å²) in [5, 5.41) is 8.07. The van der Waals surface area contributed by atoms with Gasteiger partial charge in [-0.05, 0) is 78.4 Å². The molecule has 0 aliphatic rings. The predicted molar refractivity (Wildman–Crippen MR) is 180 cm³/mol. The first kappa shape index (κ1) is 33.1. The van der Waals surface area contributed by atoms with Crippen LogP contribution < -0.4 is 16.0 Å². The van der Waals surface area contributed by atoms with E-state index in [4.69, 9.17) is 23.2 Å². The Morgan fingerprint density at radius 3 is 1.84 bits per heavy atom. The van der Waals surface area contributed by atoms with Crippen molar-refractivity contribution in [3.8, 4) is 0 Å². The van der Waals surface area contributed by atoms with Crippen LogP contribution in [-0.4, -0.2) is 37.5 Å². The smallest absolute Gasteiger partial charge is 0.248 e. The summed E-state index contributed by atoms with van der Waals surface area (Å²) < 4.78 is 29.3. The largest absolute Gasteiger partial charge is 0.326 e. The van der Waals surface area contributed by atoms with E-state index >= 15 is 0 Å². The summed E-state index contributed by atoms with van der Waals surface area (Å²) in [6.07, 6.45) is 5.92.